The lowest BCUT2D eigenvalue weighted by molar-refractivity contribution is 0.123. The third-order valence-corrected chi connectivity index (χ3v) is 4.70. The Balaban J connectivity index is 1.62. The van der Waals surface area contributed by atoms with Crippen LogP contribution in [0.5, 0.6) is 0 Å². The fraction of sp³-hybridized carbons (Fsp3) is 0.350. The van der Waals surface area contributed by atoms with E-state index >= 15 is 0 Å². The first-order chi connectivity index (χ1) is 13.0. The summed E-state index contributed by atoms with van der Waals surface area (Å²) in [7, 11) is 4.00. The van der Waals surface area contributed by atoms with Gasteiger partial charge in [-0.1, -0.05) is 23.7 Å². The van der Waals surface area contributed by atoms with E-state index in [1.54, 1.807) is 6.07 Å². The van der Waals surface area contributed by atoms with Gasteiger partial charge in [0.15, 0.2) is 0 Å². The van der Waals surface area contributed by atoms with Crippen molar-refractivity contribution >= 4 is 34.7 Å². The molecule has 2 N–H and O–H groups in total. The number of nitrogens with one attached hydrogen (secondary N) is 2. The Bertz CT molecular complexity index is 774. The first kappa shape index (κ1) is 19.3. The molecule has 27 heavy (non-hydrogen) atoms. The number of anilines is 3. The number of morpholine rings is 1. The highest BCUT2D eigenvalue weighted by Gasteiger charge is 2.16. The number of carbonyl (C=O) groups is 1. The number of nitrogens with zero attached hydrogens (tertiary/aromatic N) is 2. The first-order valence-corrected chi connectivity index (χ1v) is 9.34. The Hall–Kier alpha value is -2.44. The van der Waals surface area contributed by atoms with Crippen LogP contribution in [0.15, 0.2) is 42.5 Å². The van der Waals surface area contributed by atoms with Gasteiger partial charge >= 0.3 is 6.03 Å². The molecule has 2 aromatic carbocycles. The average molecular weight is 389 g/mol. The molecule has 2 amide bonds. The van der Waals surface area contributed by atoms with Gasteiger partial charge in [-0.05, 0) is 35.9 Å². The summed E-state index contributed by atoms with van der Waals surface area (Å²) >= 11 is 6.13. The summed E-state index contributed by atoms with van der Waals surface area (Å²) in [6, 6.07) is 13.4. The van der Waals surface area contributed by atoms with E-state index in [0.29, 0.717) is 30.5 Å². The number of benzene rings is 2. The van der Waals surface area contributed by atoms with E-state index in [1.165, 1.54) is 0 Å². The zero-order chi connectivity index (χ0) is 19.2. The van der Waals surface area contributed by atoms with Crippen LogP contribution in [0, 0.1) is 0 Å². The molecule has 144 valence electrons. The summed E-state index contributed by atoms with van der Waals surface area (Å²) in [5.41, 5.74) is 3.81. The van der Waals surface area contributed by atoms with E-state index in [4.69, 9.17) is 16.3 Å². The second-order valence-electron chi connectivity index (χ2n) is 6.63. The predicted molar refractivity (Wildman–Crippen MR) is 111 cm³/mol. The molecule has 0 unspecified atom stereocenters. The van der Waals surface area contributed by atoms with E-state index in [2.05, 4.69) is 15.5 Å². The zero-order valence-corrected chi connectivity index (χ0v) is 16.4. The fourth-order valence-corrected chi connectivity index (χ4v) is 3.12. The molecule has 0 atom stereocenters. The van der Waals surface area contributed by atoms with Crippen LogP contribution < -0.4 is 20.4 Å². The van der Waals surface area contributed by atoms with Crippen molar-refractivity contribution < 1.29 is 9.53 Å². The SMILES string of the molecule is CN(C)c1ccc(CNC(=O)Nc2cc(Cl)ccc2N2CCOCC2)cc1. The number of rotatable bonds is 5. The quantitative estimate of drug-likeness (QED) is 0.822. The van der Waals surface area contributed by atoms with Gasteiger partial charge in [0, 0.05) is 44.4 Å². The molecule has 1 aliphatic rings. The molecule has 1 saturated heterocycles. The minimum Gasteiger partial charge on any atom is -0.378 e. The molecule has 0 bridgehead atoms. The van der Waals surface area contributed by atoms with Crippen molar-refractivity contribution in [1.82, 2.24) is 5.32 Å². The monoisotopic (exact) mass is 388 g/mol. The van der Waals surface area contributed by atoms with Crippen LogP contribution in [0.2, 0.25) is 5.02 Å². The smallest absolute Gasteiger partial charge is 0.319 e. The molecule has 2 aromatic rings. The standard InChI is InChI=1S/C20H25ClN4O2/c1-24(2)17-6-3-15(4-7-17)14-22-20(26)23-18-13-16(21)5-8-19(18)25-9-11-27-12-10-25/h3-8,13H,9-12,14H2,1-2H3,(H2,22,23,26). The lowest BCUT2D eigenvalue weighted by Gasteiger charge is -2.30. The van der Waals surface area contributed by atoms with Crippen LogP contribution in [-0.4, -0.2) is 46.4 Å². The topological polar surface area (TPSA) is 56.8 Å². The van der Waals surface area contributed by atoms with Crippen molar-refractivity contribution in [2.24, 2.45) is 0 Å². The van der Waals surface area contributed by atoms with Gasteiger partial charge in [0.05, 0.1) is 24.6 Å². The van der Waals surface area contributed by atoms with Gasteiger partial charge in [0.1, 0.15) is 0 Å². The minimum absolute atomic E-state index is 0.261. The first-order valence-electron chi connectivity index (χ1n) is 8.96. The molecule has 3 rings (SSSR count). The number of urea groups is 1. The Labute approximate surface area is 165 Å². The van der Waals surface area contributed by atoms with E-state index in [0.717, 1.165) is 30.0 Å². The summed E-state index contributed by atoms with van der Waals surface area (Å²) in [6.07, 6.45) is 0. The van der Waals surface area contributed by atoms with E-state index in [1.807, 2.05) is 55.4 Å². The zero-order valence-electron chi connectivity index (χ0n) is 15.7. The Morgan fingerprint density at radius 1 is 1.15 bits per heavy atom. The van der Waals surface area contributed by atoms with Gasteiger partial charge in [0.2, 0.25) is 0 Å². The van der Waals surface area contributed by atoms with Crippen LogP contribution >= 0.6 is 11.6 Å². The highest BCUT2D eigenvalue weighted by atomic mass is 35.5. The molecule has 6 nitrogen and oxygen atoms in total. The third kappa shape index (κ3) is 5.28. The van der Waals surface area contributed by atoms with Gasteiger partial charge in [-0.2, -0.15) is 0 Å². The summed E-state index contributed by atoms with van der Waals surface area (Å²) in [4.78, 5) is 16.6. The molecule has 0 saturated carbocycles. The number of hydrogen-bond donors (Lipinski definition) is 2. The second-order valence-corrected chi connectivity index (χ2v) is 7.07. The van der Waals surface area contributed by atoms with E-state index < -0.39 is 0 Å². The number of amides is 2. The summed E-state index contributed by atoms with van der Waals surface area (Å²) in [5.74, 6) is 0. The predicted octanol–water partition coefficient (Wildman–Crippen LogP) is 3.56. The molecule has 7 heteroatoms. The normalized spacial score (nSPS) is 14.0. The molecule has 1 aliphatic heterocycles. The molecule has 0 radical (unpaired) electrons. The van der Waals surface area contributed by atoms with Gasteiger partial charge in [0.25, 0.3) is 0 Å². The minimum atomic E-state index is -0.261. The molecular weight excluding hydrogens is 364 g/mol. The van der Waals surface area contributed by atoms with Crippen LogP contribution in [0.1, 0.15) is 5.56 Å². The Morgan fingerprint density at radius 3 is 2.52 bits per heavy atom. The lowest BCUT2D eigenvalue weighted by atomic mass is 10.2. The maximum absolute atomic E-state index is 12.4. The highest BCUT2D eigenvalue weighted by Crippen LogP contribution is 2.29. The van der Waals surface area contributed by atoms with Crippen molar-refractivity contribution in [3.05, 3.63) is 53.1 Å². The molecular formula is C20H25ClN4O2. The van der Waals surface area contributed by atoms with Crippen LogP contribution in [-0.2, 0) is 11.3 Å². The third-order valence-electron chi connectivity index (χ3n) is 4.46. The van der Waals surface area contributed by atoms with Crippen molar-refractivity contribution in [2.75, 3.05) is 55.5 Å². The second kappa shape index (κ2) is 8.97. The summed E-state index contributed by atoms with van der Waals surface area (Å²) in [6.45, 7) is 3.38. The lowest BCUT2D eigenvalue weighted by Crippen LogP contribution is -2.37. The van der Waals surface area contributed by atoms with Gasteiger partial charge in [-0.15, -0.1) is 0 Å². The Morgan fingerprint density at radius 2 is 1.85 bits per heavy atom. The Kier molecular flexibility index (Phi) is 6.42. The number of ether oxygens (including phenoxy) is 1. The van der Waals surface area contributed by atoms with Gasteiger partial charge < -0.3 is 25.2 Å². The number of halogens is 1. The number of carbonyl (C=O) groups excluding carboxylic acids is 1. The fourth-order valence-electron chi connectivity index (χ4n) is 2.95. The van der Waals surface area contributed by atoms with Crippen molar-refractivity contribution in [3.8, 4) is 0 Å². The maximum Gasteiger partial charge on any atom is 0.319 e. The summed E-state index contributed by atoms with van der Waals surface area (Å²) in [5, 5.41) is 6.40. The van der Waals surface area contributed by atoms with Crippen LogP contribution in [0.4, 0.5) is 21.9 Å². The molecule has 0 aromatic heterocycles. The molecule has 1 fully saturated rings. The number of hydrogen-bond acceptors (Lipinski definition) is 4. The summed E-state index contributed by atoms with van der Waals surface area (Å²) < 4.78 is 5.41. The molecule has 1 heterocycles. The average Bonchev–Trinajstić information content (AvgIpc) is 2.67. The molecule has 0 aliphatic carbocycles. The highest BCUT2D eigenvalue weighted by molar-refractivity contribution is 6.31. The van der Waals surface area contributed by atoms with Crippen molar-refractivity contribution in [3.63, 3.8) is 0 Å². The largest absolute Gasteiger partial charge is 0.378 e. The van der Waals surface area contributed by atoms with Gasteiger partial charge in [-0.3, -0.25) is 0 Å². The van der Waals surface area contributed by atoms with E-state index in [-0.39, 0.29) is 6.03 Å². The van der Waals surface area contributed by atoms with Crippen LogP contribution in [0.3, 0.4) is 0 Å². The molecule has 0 spiro atoms. The van der Waals surface area contributed by atoms with E-state index in [9.17, 15) is 4.79 Å². The maximum atomic E-state index is 12.4. The van der Waals surface area contributed by atoms with Gasteiger partial charge in [-0.25, -0.2) is 4.79 Å². The van der Waals surface area contributed by atoms with Crippen LogP contribution in [0.25, 0.3) is 0 Å². The van der Waals surface area contributed by atoms with Crippen molar-refractivity contribution in [1.29, 1.82) is 0 Å². The van der Waals surface area contributed by atoms with Crippen molar-refractivity contribution in [2.45, 2.75) is 6.54 Å².